The average molecular weight is 294 g/mol. The molecule has 0 amide bonds. The zero-order chi connectivity index (χ0) is 14.8. The Balaban J connectivity index is 2.64. The number of carbonyl (C=O) groups is 1. The third-order valence-corrected chi connectivity index (χ3v) is 3.82. The largest absolute Gasteiger partial charge is 0.427 e. The van der Waals surface area contributed by atoms with Gasteiger partial charge in [-0.05, 0) is 56.3 Å². The van der Waals surface area contributed by atoms with E-state index in [2.05, 4.69) is 18.4 Å². The molecular weight excluding hydrogens is 268 g/mol. The van der Waals surface area contributed by atoms with Gasteiger partial charge in [0.1, 0.15) is 5.76 Å². The maximum Gasteiger partial charge on any atom is 0.313 e. The lowest BCUT2D eigenvalue weighted by Crippen LogP contribution is -2.10. The van der Waals surface area contributed by atoms with Gasteiger partial charge in [0.15, 0.2) is 0 Å². The van der Waals surface area contributed by atoms with Gasteiger partial charge in [-0.3, -0.25) is 4.79 Å². The van der Waals surface area contributed by atoms with Crippen molar-refractivity contribution in [2.75, 3.05) is 12.0 Å². The molecule has 0 aliphatic heterocycles. The molecule has 0 aromatic heterocycles. The van der Waals surface area contributed by atoms with Crippen molar-refractivity contribution in [1.82, 2.24) is 0 Å². The van der Waals surface area contributed by atoms with Gasteiger partial charge in [-0.15, -0.1) is 0 Å². The van der Waals surface area contributed by atoms with Crippen LogP contribution in [0.15, 0.2) is 35.6 Å². The van der Waals surface area contributed by atoms with Crippen LogP contribution in [0, 0.1) is 5.92 Å². The number of carbonyl (C=O) groups excluding carboxylic acids is 1. The zero-order valence-corrected chi connectivity index (χ0v) is 13.7. The molecule has 0 saturated heterocycles. The summed E-state index contributed by atoms with van der Waals surface area (Å²) in [6.45, 7) is 3.71. The molecule has 0 heterocycles. The van der Waals surface area contributed by atoms with Crippen molar-refractivity contribution >= 4 is 17.7 Å². The van der Waals surface area contributed by atoms with Crippen molar-refractivity contribution in [3.8, 4) is 0 Å². The molecular formula is C17H26O2S. The number of esters is 1. The Hall–Kier alpha value is -0.960. The van der Waals surface area contributed by atoms with Gasteiger partial charge < -0.3 is 4.74 Å². The molecule has 112 valence electrons. The fourth-order valence-corrected chi connectivity index (χ4v) is 2.32. The zero-order valence-electron chi connectivity index (χ0n) is 12.9. The van der Waals surface area contributed by atoms with E-state index in [1.54, 1.807) is 0 Å². The van der Waals surface area contributed by atoms with Crippen LogP contribution in [0.25, 0.3) is 0 Å². The highest BCUT2D eigenvalue weighted by atomic mass is 32.2. The van der Waals surface area contributed by atoms with Crippen LogP contribution in [0.5, 0.6) is 0 Å². The van der Waals surface area contributed by atoms with Gasteiger partial charge in [0.2, 0.25) is 0 Å². The summed E-state index contributed by atoms with van der Waals surface area (Å²) in [6.07, 6.45) is 16.0. The SMILES string of the molecule is CSCCCC1=C/CCC/C=C(OC(=O)C(C)C)/C=C\1. The van der Waals surface area contributed by atoms with Crippen LogP contribution in [0.3, 0.4) is 0 Å². The van der Waals surface area contributed by atoms with E-state index in [1.807, 2.05) is 37.8 Å². The number of hydrogen-bond acceptors (Lipinski definition) is 3. The fourth-order valence-electron chi connectivity index (χ4n) is 1.89. The summed E-state index contributed by atoms with van der Waals surface area (Å²) in [6, 6.07) is 0. The smallest absolute Gasteiger partial charge is 0.313 e. The first-order valence-electron chi connectivity index (χ1n) is 7.41. The minimum atomic E-state index is -0.159. The Morgan fingerprint density at radius 3 is 2.75 bits per heavy atom. The predicted molar refractivity (Wildman–Crippen MR) is 87.7 cm³/mol. The van der Waals surface area contributed by atoms with E-state index in [0.29, 0.717) is 5.76 Å². The summed E-state index contributed by atoms with van der Waals surface area (Å²) < 4.78 is 5.42. The average Bonchev–Trinajstić information content (AvgIpc) is 2.52. The molecule has 1 aliphatic carbocycles. The summed E-state index contributed by atoms with van der Waals surface area (Å²) >= 11 is 1.88. The Kier molecular flexibility index (Phi) is 8.43. The molecule has 2 nitrogen and oxygen atoms in total. The quantitative estimate of drug-likeness (QED) is 0.516. The van der Waals surface area contributed by atoms with Crippen LogP contribution in [0.1, 0.15) is 46.0 Å². The number of thioether (sulfide) groups is 1. The molecule has 0 aromatic carbocycles. The number of ether oxygens (including phenoxy) is 1. The first kappa shape index (κ1) is 17.1. The van der Waals surface area contributed by atoms with Gasteiger partial charge in [0, 0.05) is 0 Å². The molecule has 0 aromatic rings. The minimum absolute atomic E-state index is 0.0893. The Morgan fingerprint density at radius 2 is 2.05 bits per heavy atom. The van der Waals surface area contributed by atoms with Crippen molar-refractivity contribution in [1.29, 1.82) is 0 Å². The van der Waals surface area contributed by atoms with E-state index < -0.39 is 0 Å². The van der Waals surface area contributed by atoms with Crippen LogP contribution in [0.4, 0.5) is 0 Å². The van der Waals surface area contributed by atoms with E-state index in [-0.39, 0.29) is 11.9 Å². The first-order chi connectivity index (χ1) is 9.63. The van der Waals surface area contributed by atoms with Crippen LogP contribution in [-0.4, -0.2) is 18.0 Å². The van der Waals surface area contributed by atoms with Gasteiger partial charge in [-0.2, -0.15) is 11.8 Å². The van der Waals surface area contributed by atoms with E-state index in [9.17, 15) is 4.79 Å². The first-order valence-corrected chi connectivity index (χ1v) is 8.80. The summed E-state index contributed by atoms with van der Waals surface area (Å²) in [5, 5.41) is 0. The Morgan fingerprint density at radius 1 is 1.30 bits per heavy atom. The highest BCUT2D eigenvalue weighted by Crippen LogP contribution is 2.17. The van der Waals surface area contributed by atoms with Crippen LogP contribution in [0.2, 0.25) is 0 Å². The van der Waals surface area contributed by atoms with Crippen molar-refractivity contribution in [3.05, 3.63) is 35.6 Å². The standard InChI is InChI=1S/C17H26O2S/c1-14(2)17(18)19-16-10-6-4-5-8-15(11-12-16)9-7-13-20-3/h8,10-12,14H,4-7,9,13H2,1-3H3/b12-11-,15-8-,16-10-. The molecule has 0 spiro atoms. The Labute approximate surface area is 127 Å². The summed E-state index contributed by atoms with van der Waals surface area (Å²) in [5.41, 5.74) is 1.35. The second-order valence-corrected chi connectivity index (χ2v) is 6.31. The van der Waals surface area contributed by atoms with E-state index >= 15 is 0 Å². The molecule has 0 fully saturated rings. The van der Waals surface area contributed by atoms with Gasteiger partial charge >= 0.3 is 5.97 Å². The van der Waals surface area contributed by atoms with E-state index in [0.717, 1.165) is 25.7 Å². The van der Waals surface area contributed by atoms with Gasteiger partial charge in [-0.25, -0.2) is 0 Å². The lowest BCUT2D eigenvalue weighted by atomic mass is 10.1. The van der Waals surface area contributed by atoms with Crippen LogP contribution < -0.4 is 0 Å². The maximum absolute atomic E-state index is 11.7. The molecule has 0 N–H and O–H groups in total. The molecule has 0 bridgehead atoms. The second kappa shape index (κ2) is 9.87. The molecule has 20 heavy (non-hydrogen) atoms. The minimum Gasteiger partial charge on any atom is -0.427 e. The lowest BCUT2D eigenvalue weighted by Gasteiger charge is -2.07. The molecule has 0 unspecified atom stereocenters. The summed E-state index contributed by atoms with van der Waals surface area (Å²) in [4.78, 5) is 11.7. The molecule has 1 aliphatic rings. The van der Waals surface area contributed by atoms with Gasteiger partial charge in [0.25, 0.3) is 0 Å². The molecule has 1 rings (SSSR count). The summed E-state index contributed by atoms with van der Waals surface area (Å²) in [7, 11) is 0. The number of rotatable bonds is 6. The number of hydrogen-bond donors (Lipinski definition) is 0. The number of allylic oxidation sites excluding steroid dienone is 5. The monoisotopic (exact) mass is 294 g/mol. The lowest BCUT2D eigenvalue weighted by molar-refractivity contribution is -0.142. The topological polar surface area (TPSA) is 26.3 Å². The van der Waals surface area contributed by atoms with E-state index in [4.69, 9.17) is 4.74 Å². The van der Waals surface area contributed by atoms with Crippen molar-refractivity contribution in [2.24, 2.45) is 5.92 Å². The van der Waals surface area contributed by atoms with Gasteiger partial charge in [-0.1, -0.05) is 31.6 Å². The normalized spacial score (nSPS) is 22.8. The third kappa shape index (κ3) is 6.99. The van der Waals surface area contributed by atoms with Gasteiger partial charge in [0.05, 0.1) is 5.92 Å². The fraction of sp³-hybridized carbons (Fsp3) is 0.588. The van der Waals surface area contributed by atoms with Crippen molar-refractivity contribution in [3.63, 3.8) is 0 Å². The highest BCUT2D eigenvalue weighted by molar-refractivity contribution is 7.98. The maximum atomic E-state index is 11.7. The molecule has 0 atom stereocenters. The predicted octanol–water partition coefficient (Wildman–Crippen LogP) is 4.88. The molecule has 3 heteroatoms. The molecule has 0 radical (unpaired) electrons. The van der Waals surface area contributed by atoms with Crippen molar-refractivity contribution in [2.45, 2.75) is 46.0 Å². The van der Waals surface area contributed by atoms with E-state index in [1.165, 1.54) is 17.7 Å². The second-order valence-electron chi connectivity index (χ2n) is 5.32. The van der Waals surface area contributed by atoms with Crippen LogP contribution >= 0.6 is 11.8 Å². The third-order valence-electron chi connectivity index (χ3n) is 3.13. The van der Waals surface area contributed by atoms with Crippen molar-refractivity contribution < 1.29 is 9.53 Å². The molecule has 0 saturated carbocycles. The Bertz CT molecular complexity index is 392. The summed E-state index contributed by atoms with van der Waals surface area (Å²) in [5.74, 6) is 1.64. The highest BCUT2D eigenvalue weighted by Gasteiger charge is 2.10. The van der Waals surface area contributed by atoms with Crippen LogP contribution in [-0.2, 0) is 9.53 Å².